The van der Waals surface area contributed by atoms with Crippen molar-refractivity contribution >= 4 is 17.5 Å². The second kappa shape index (κ2) is 4.49. The van der Waals surface area contributed by atoms with Crippen molar-refractivity contribution < 1.29 is 13.6 Å². The molecule has 0 aliphatic carbocycles. The summed E-state index contributed by atoms with van der Waals surface area (Å²) in [5, 5.41) is -0.872. The summed E-state index contributed by atoms with van der Waals surface area (Å²) in [6.07, 6.45) is -0.843. The third kappa shape index (κ3) is 7.52. The van der Waals surface area contributed by atoms with Crippen molar-refractivity contribution in [3.05, 3.63) is 0 Å². The SMILES string of the molecule is CCNC(=O)CCC(F)(F)Cl. The molecule has 2 nitrogen and oxygen atoms in total. The van der Waals surface area contributed by atoms with E-state index in [4.69, 9.17) is 0 Å². The monoisotopic (exact) mass is 185 g/mol. The Morgan fingerprint density at radius 3 is 2.55 bits per heavy atom. The Morgan fingerprint density at radius 2 is 2.18 bits per heavy atom. The van der Waals surface area contributed by atoms with Crippen molar-refractivity contribution in [2.75, 3.05) is 6.54 Å². The quantitative estimate of drug-likeness (QED) is 0.665. The third-order valence-corrected chi connectivity index (χ3v) is 1.20. The summed E-state index contributed by atoms with van der Waals surface area (Å²) in [4.78, 5) is 10.6. The Labute approximate surface area is 68.9 Å². The molecule has 0 heterocycles. The van der Waals surface area contributed by atoms with Crippen LogP contribution in [-0.4, -0.2) is 17.8 Å². The van der Waals surface area contributed by atoms with Crippen LogP contribution in [0.25, 0.3) is 0 Å². The summed E-state index contributed by atoms with van der Waals surface area (Å²) in [6, 6.07) is 0. The van der Waals surface area contributed by atoms with Gasteiger partial charge < -0.3 is 5.32 Å². The van der Waals surface area contributed by atoms with E-state index >= 15 is 0 Å². The van der Waals surface area contributed by atoms with Crippen LogP contribution in [-0.2, 0) is 4.79 Å². The van der Waals surface area contributed by atoms with Crippen LogP contribution >= 0.6 is 11.6 Å². The smallest absolute Gasteiger partial charge is 0.322 e. The fraction of sp³-hybridized carbons (Fsp3) is 0.833. The summed E-state index contributed by atoms with van der Waals surface area (Å²) < 4.78 is 23.8. The molecule has 0 atom stereocenters. The van der Waals surface area contributed by atoms with Gasteiger partial charge in [-0.05, 0) is 18.5 Å². The van der Waals surface area contributed by atoms with E-state index in [9.17, 15) is 13.6 Å². The van der Waals surface area contributed by atoms with E-state index in [0.717, 1.165) is 0 Å². The van der Waals surface area contributed by atoms with E-state index in [1.165, 1.54) is 0 Å². The maximum Gasteiger partial charge on any atom is 0.322 e. The molecule has 0 fully saturated rings. The highest BCUT2D eigenvalue weighted by atomic mass is 35.5. The summed E-state index contributed by atoms with van der Waals surface area (Å²) in [5.41, 5.74) is 0. The van der Waals surface area contributed by atoms with Gasteiger partial charge in [-0.25, -0.2) is 0 Å². The third-order valence-electron chi connectivity index (χ3n) is 1.01. The highest BCUT2D eigenvalue weighted by Crippen LogP contribution is 2.24. The number of alkyl halides is 3. The van der Waals surface area contributed by atoms with Crippen LogP contribution < -0.4 is 5.32 Å². The fourth-order valence-electron chi connectivity index (χ4n) is 0.541. The molecule has 0 unspecified atom stereocenters. The molecule has 11 heavy (non-hydrogen) atoms. The molecule has 1 amide bonds. The molecule has 0 saturated heterocycles. The Bertz CT molecular complexity index is 135. The van der Waals surface area contributed by atoms with Crippen LogP contribution in [0.1, 0.15) is 19.8 Å². The molecule has 0 bridgehead atoms. The van der Waals surface area contributed by atoms with E-state index in [1.54, 1.807) is 6.92 Å². The van der Waals surface area contributed by atoms with Gasteiger partial charge in [0, 0.05) is 19.4 Å². The zero-order valence-electron chi connectivity index (χ0n) is 6.16. The molecule has 0 aromatic rings. The number of nitrogens with one attached hydrogen (secondary N) is 1. The van der Waals surface area contributed by atoms with Gasteiger partial charge in [-0.15, -0.1) is 0 Å². The van der Waals surface area contributed by atoms with Crippen LogP contribution in [0.4, 0.5) is 8.78 Å². The predicted octanol–water partition coefficient (Wildman–Crippen LogP) is 1.73. The van der Waals surface area contributed by atoms with Crippen molar-refractivity contribution in [1.82, 2.24) is 5.32 Å². The summed E-state index contributed by atoms with van der Waals surface area (Å²) in [6.45, 7) is 2.17. The van der Waals surface area contributed by atoms with Gasteiger partial charge in [0.1, 0.15) is 0 Å². The largest absolute Gasteiger partial charge is 0.356 e. The van der Waals surface area contributed by atoms with E-state index < -0.39 is 17.7 Å². The lowest BCUT2D eigenvalue weighted by molar-refractivity contribution is -0.122. The molecule has 0 spiro atoms. The first-order valence-corrected chi connectivity index (χ1v) is 3.67. The van der Waals surface area contributed by atoms with Crippen LogP contribution in [0.3, 0.4) is 0 Å². The number of halogens is 3. The van der Waals surface area contributed by atoms with Gasteiger partial charge in [-0.3, -0.25) is 4.79 Å². The Morgan fingerprint density at radius 1 is 1.64 bits per heavy atom. The molecule has 1 N–H and O–H groups in total. The number of amides is 1. The topological polar surface area (TPSA) is 29.1 Å². The molecule has 0 saturated carbocycles. The minimum absolute atomic E-state index is 0.232. The number of hydrogen-bond donors (Lipinski definition) is 1. The van der Waals surface area contributed by atoms with Crippen molar-refractivity contribution in [3.63, 3.8) is 0 Å². The number of carbonyl (C=O) groups is 1. The van der Waals surface area contributed by atoms with Crippen LogP contribution in [0.2, 0.25) is 0 Å². The average molecular weight is 186 g/mol. The molecule has 0 rings (SSSR count). The molecule has 66 valence electrons. The van der Waals surface area contributed by atoms with Crippen molar-refractivity contribution in [2.24, 2.45) is 0 Å². The summed E-state index contributed by atoms with van der Waals surface area (Å²) in [5.74, 6) is -0.396. The second-order valence-corrected chi connectivity index (χ2v) is 2.62. The van der Waals surface area contributed by atoms with Crippen LogP contribution in [0.15, 0.2) is 0 Å². The van der Waals surface area contributed by atoms with Gasteiger partial charge in [-0.2, -0.15) is 8.78 Å². The zero-order valence-corrected chi connectivity index (χ0v) is 6.92. The van der Waals surface area contributed by atoms with Gasteiger partial charge in [0.15, 0.2) is 0 Å². The Hall–Kier alpha value is -0.380. The summed E-state index contributed by atoms with van der Waals surface area (Å²) in [7, 11) is 0. The first-order chi connectivity index (χ1) is 4.95. The van der Waals surface area contributed by atoms with Crippen LogP contribution in [0, 0.1) is 0 Å². The van der Waals surface area contributed by atoms with Crippen molar-refractivity contribution in [1.29, 1.82) is 0 Å². The maximum absolute atomic E-state index is 11.9. The number of hydrogen-bond acceptors (Lipinski definition) is 1. The fourth-order valence-corrected chi connectivity index (χ4v) is 0.635. The molecule has 0 aromatic carbocycles. The lowest BCUT2D eigenvalue weighted by Crippen LogP contribution is -2.24. The minimum atomic E-state index is -3.26. The zero-order chi connectivity index (χ0) is 8.91. The van der Waals surface area contributed by atoms with Gasteiger partial charge >= 0.3 is 5.38 Å². The van der Waals surface area contributed by atoms with E-state index in [-0.39, 0.29) is 6.42 Å². The molecule has 0 aromatic heterocycles. The Kier molecular flexibility index (Phi) is 4.33. The van der Waals surface area contributed by atoms with Crippen molar-refractivity contribution in [3.8, 4) is 0 Å². The average Bonchev–Trinajstić information content (AvgIpc) is 1.83. The molecular weight excluding hydrogens is 176 g/mol. The molecule has 0 aliphatic rings. The Balaban J connectivity index is 3.46. The minimum Gasteiger partial charge on any atom is -0.356 e. The van der Waals surface area contributed by atoms with Gasteiger partial charge in [0.2, 0.25) is 5.91 Å². The predicted molar refractivity (Wildman–Crippen MR) is 38.7 cm³/mol. The molecular formula is C6H10ClF2NO. The second-order valence-electron chi connectivity index (χ2n) is 2.07. The maximum atomic E-state index is 11.9. The van der Waals surface area contributed by atoms with Crippen molar-refractivity contribution in [2.45, 2.75) is 25.1 Å². The standard InChI is InChI=1S/C6H10ClF2NO/c1-2-10-5(11)3-4-6(7,8)9/h2-4H2,1H3,(H,10,11). The highest BCUT2D eigenvalue weighted by molar-refractivity contribution is 6.21. The van der Waals surface area contributed by atoms with Gasteiger partial charge in [0.05, 0.1) is 0 Å². The lowest BCUT2D eigenvalue weighted by atomic mass is 10.3. The molecule has 5 heteroatoms. The highest BCUT2D eigenvalue weighted by Gasteiger charge is 2.24. The van der Waals surface area contributed by atoms with Gasteiger partial charge in [-0.1, -0.05) is 0 Å². The number of carbonyl (C=O) groups excluding carboxylic acids is 1. The first kappa shape index (κ1) is 10.6. The molecule has 0 aliphatic heterocycles. The van der Waals surface area contributed by atoms with E-state index in [1.807, 2.05) is 0 Å². The lowest BCUT2D eigenvalue weighted by Gasteiger charge is -2.06. The molecule has 0 radical (unpaired) electrons. The summed E-state index contributed by atoms with van der Waals surface area (Å²) >= 11 is 4.56. The van der Waals surface area contributed by atoms with Crippen LogP contribution in [0.5, 0.6) is 0 Å². The normalized spacial score (nSPS) is 11.3. The first-order valence-electron chi connectivity index (χ1n) is 3.29. The number of rotatable bonds is 4. The van der Waals surface area contributed by atoms with E-state index in [2.05, 4.69) is 16.9 Å². The van der Waals surface area contributed by atoms with Gasteiger partial charge in [0.25, 0.3) is 0 Å². The van der Waals surface area contributed by atoms with E-state index in [0.29, 0.717) is 6.54 Å².